The summed E-state index contributed by atoms with van der Waals surface area (Å²) in [5.74, 6) is -0.854. The molecule has 9 heteroatoms. The minimum atomic E-state index is -3.61. The van der Waals surface area contributed by atoms with Crippen molar-refractivity contribution >= 4 is 27.0 Å². The lowest BCUT2D eigenvalue weighted by Crippen LogP contribution is -2.52. The number of piperidine rings is 1. The molecular formula is C10H18N2O5S2. The second-order valence-corrected chi connectivity index (χ2v) is 8.41. The van der Waals surface area contributed by atoms with Crippen LogP contribution >= 0.6 is 0 Å². The number of carboxylic acids is 1. The Labute approximate surface area is 115 Å². The standard InChI is InChI=1S/C10H18N2O5S2/c13-10(14)9-2-1-3-12(8-9)19(16,17)11-4-6-18(15)7-5-11/h9H,1-8H2,(H,13,14). The molecule has 0 aliphatic carbocycles. The van der Waals surface area contributed by atoms with Crippen LogP contribution in [0.15, 0.2) is 0 Å². The van der Waals surface area contributed by atoms with Gasteiger partial charge in [0.15, 0.2) is 0 Å². The van der Waals surface area contributed by atoms with Crippen LogP contribution in [0, 0.1) is 5.92 Å². The fraction of sp³-hybridized carbons (Fsp3) is 0.900. The number of aliphatic carboxylic acids is 1. The van der Waals surface area contributed by atoms with Gasteiger partial charge in [-0.05, 0) is 12.8 Å². The van der Waals surface area contributed by atoms with E-state index in [0.717, 1.165) is 0 Å². The van der Waals surface area contributed by atoms with E-state index < -0.39 is 32.9 Å². The SMILES string of the molecule is O=C(O)C1CCCN(S(=O)(=O)N2CCS(=O)CC2)C1. The van der Waals surface area contributed by atoms with E-state index in [1.807, 2.05) is 0 Å². The molecule has 2 saturated heterocycles. The lowest BCUT2D eigenvalue weighted by molar-refractivity contribution is -0.142. The number of carboxylic acid groups (broad SMARTS) is 1. The molecule has 0 aromatic heterocycles. The smallest absolute Gasteiger partial charge is 0.307 e. The van der Waals surface area contributed by atoms with E-state index in [1.165, 1.54) is 8.61 Å². The van der Waals surface area contributed by atoms with Gasteiger partial charge in [0.1, 0.15) is 0 Å². The average Bonchev–Trinajstić information content (AvgIpc) is 2.39. The Morgan fingerprint density at radius 3 is 2.37 bits per heavy atom. The van der Waals surface area contributed by atoms with Crippen molar-refractivity contribution < 1.29 is 22.5 Å². The molecule has 0 saturated carbocycles. The molecular weight excluding hydrogens is 292 g/mol. The minimum Gasteiger partial charge on any atom is -0.481 e. The van der Waals surface area contributed by atoms with Crippen molar-refractivity contribution in [3.8, 4) is 0 Å². The molecule has 0 aromatic carbocycles. The summed E-state index contributed by atoms with van der Waals surface area (Å²) in [7, 11) is -4.54. The Bertz CT molecular complexity index is 468. The Balaban J connectivity index is 2.06. The molecule has 2 heterocycles. The molecule has 2 aliphatic heterocycles. The van der Waals surface area contributed by atoms with Gasteiger partial charge in [-0.3, -0.25) is 9.00 Å². The van der Waals surface area contributed by atoms with Crippen LogP contribution in [0.5, 0.6) is 0 Å². The fourth-order valence-electron chi connectivity index (χ4n) is 2.37. The summed E-state index contributed by atoms with van der Waals surface area (Å²) in [5.41, 5.74) is 0. The first-order valence-corrected chi connectivity index (χ1v) is 9.13. The second kappa shape index (κ2) is 5.86. The Hall–Kier alpha value is -0.510. The predicted molar refractivity (Wildman–Crippen MR) is 70.3 cm³/mol. The largest absolute Gasteiger partial charge is 0.481 e. The van der Waals surface area contributed by atoms with Crippen molar-refractivity contribution in [1.82, 2.24) is 8.61 Å². The van der Waals surface area contributed by atoms with Crippen LogP contribution in [-0.2, 0) is 25.8 Å². The van der Waals surface area contributed by atoms with Gasteiger partial charge in [-0.2, -0.15) is 17.0 Å². The maximum atomic E-state index is 12.4. The summed E-state index contributed by atoms with van der Waals surface area (Å²) in [5, 5.41) is 8.99. The van der Waals surface area contributed by atoms with Gasteiger partial charge < -0.3 is 5.11 Å². The first kappa shape index (κ1) is 14.9. The molecule has 7 nitrogen and oxygen atoms in total. The van der Waals surface area contributed by atoms with Gasteiger partial charge in [-0.25, -0.2) is 0 Å². The first-order chi connectivity index (χ1) is 8.91. The second-order valence-electron chi connectivity index (χ2n) is 4.79. The molecule has 0 aromatic rings. The molecule has 19 heavy (non-hydrogen) atoms. The zero-order chi connectivity index (χ0) is 14.0. The van der Waals surface area contributed by atoms with Gasteiger partial charge in [0, 0.05) is 48.5 Å². The van der Waals surface area contributed by atoms with Crippen molar-refractivity contribution in [2.24, 2.45) is 5.92 Å². The summed E-state index contributed by atoms with van der Waals surface area (Å²) in [6.45, 7) is 0.912. The normalized spacial score (nSPS) is 28.3. The molecule has 2 fully saturated rings. The van der Waals surface area contributed by atoms with Gasteiger partial charge in [-0.15, -0.1) is 0 Å². The quantitative estimate of drug-likeness (QED) is 0.728. The maximum absolute atomic E-state index is 12.4. The zero-order valence-electron chi connectivity index (χ0n) is 10.5. The number of hydrogen-bond acceptors (Lipinski definition) is 4. The predicted octanol–water partition coefficient (Wildman–Crippen LogP) is -0.908. The third-order valence-corrected chi connectivity index (χ3v) is 6.80. The molecule has 2 rings (SSSR count). The number of carbonyl (C=O) groups is 1. The molecule has 1 N–H and O–H groups in total. The lowest BCUT2D eigenvalue weighted by atomic mass is 10.0. The molecule has 0 amide bonds. The Morgan fingerprint density at radius 1 is 1.16 bits per heavy atom. The van der Waals surface area contributed by atoms with Crippen LogP contribution in [0.4, 0.5) is 0 Å². The molecule has 1 atom stereocenters. The fourth-order valence-corrected chi connectivity index (χ4v) is 5.35. The van der Waals surface area contributed by atoms with Crippen molar-refractivity contribution in [2.45, 2.75) is 12.8 Å². The number of hydrogen-bond donors (Lipinski definition) is 1. The summed E-state index contributed by atoms with van der Waals surface area (Å²) >= 11 is 0. The number of nitrogens with zero attached hydrogens (tertiary/aromatic N) is 2. The van der Waals surface area contributed by atoms with Crippen molar-refractivity contribution in [3.63, 3.8) is 0 Å². The third kappa shape index (κ3) is 3.33. The highest BCUT2D eigenvalue weighted by Crippen LogP contribution is 2.22. The highest BCUT2D eigenvalue weighted by atomic mass is 32.2. The topological polar surface area (TPSA) is 95.0 Å². The van der Waals surface area contributed by atoms with E-state index in [4.69, 9.17) is 5.11 Å². The first-order valence-electron chi connectivity index (χ1n) is 6.24. The van der Waals surface area contributed by atoms with Crippen molar-refractivity contribution in [2.75, 3.05) is 37.7 Å². The van der Waals surface area contributed by atoms with Crippen LogP contribution in [0.2, 0.25) is 0 Å². The van der Waals surface area contributed by atoms with E-state index in [-0.39, 0.29) is 19.6 Å². The van der Waals surface area contributed by atoms with Gasteiger partial charge >= 0.3 is 5.97 Å². The van der Waals surface area contributed by atoms with Crippen LogP contribution in [0.3, 0.4) is 0 Å². The van der Waals surface area contributed by atoms with Gasteiger partial charge in [0.25, 0.3) is 10.2 Å². The Kier molecular flexibility index (Phi) is 4.59. The average molecular weight is 310 g/mol. The van der Waals surface area contributed by atoms with E-state index in [2.05, 4.69) is 0 Å². The third-order valence-electron chi connectivity index (χ3n) is 3.52. The Morgan fingerprint density at radius 2 is 1.79 bits per heavy atom. The lowest BCUT2D eigenvalue weighted by Gasteiger charge is -2.35. The van der Waals surface area contributed by atoms with Crippen LogP contribution in [0.1, 0.15) is 12.8 Å². The van der Waals surface area contributed by atoms with E-state index >= 15 is 0 Å². The molecule has 1 unspecified atom stereocenters. The minimum absolute atomic E-state index is 0.0389. The molecule has 110 valence electrons. The van der Waals surface area contributed by atoms with Crippen LogP contribution in [0.25, 0.3) is 0 Å². The summed E-state index contributed by atoms with van der Waals surface area (Å²) < 4.78 is 38.6. The summed E-state index contributed by atoms with van der Waals surface area (Å²) in [6, 6.07) is 0. The van der Waals surface area contributed by atoms with Gasteiger partial charge in [0.2, 0.25) is 0 Å². The van der Waals surface area contributed by atoms with Crippen molar-refractivity contribution in [3.05, 3.63) is 0 Å². The van der Waals surface area contributed by atoms with Crippen LogP contribution in [-0.4, -0.2) is 70.0 Å². The zero-order valence-corrected chi connectivity index (χ0v) is 12.2. The molecule has 0 radical (unpaired) electrons. The molecule has 2 aliphatic rings. The summed E-state index contributed by atoms with van der Waals surface area (Å²) in [6.07, 6.45) is 1.08. The summed E-state index contributed by atoms with van der Waals surface area (Å²) in [4.78, 5) is 11.0. The van der Waals surface area contributed by atoms with E-state index in [0.29, 0.717) is 30.9 Å². The van der Waals surface area contributed by atoms with E-state index in [1.54, 1.807) is 0 Å². The van der Waals surface area contributed by atoms with E-state index in [9.17, 15) is 17.4 Å². The van der Waals surface area contributed by atoms with Crippen LogP contribution < -0.4 is 0 Å². The number of rotatable bonds is 3. The van der Waals surface area contributed by atoms with Gasteiger partial charge in [-0.1, -0.05) is 0 Å². The molecule has 0 spiro atoms. The highest BCUT2D eigenvalue weighted by Gasteiger charge is 2.36. The highest BCUT2D eigenvalue weighted by molar-refractivity contribution is 7.87. The van der Waals surface area contributed by atoms with Gasteiger partial charge in [0.05, 0.1) is 5.92 Å². The molecule has 0 bridgehead atoms. The van der Waals surface area contributed by atoms with Crippen molar-refractivity contribution in [1.29, 1.82) is 0 Å². The maximum Gasteiger partial charge on any atom is 0.307 e. The monoisotopic (exact) mass is 310 g/mol.